The van der Waals surface area contributed by atoms with Crippen LogP contribution >= 0.6 is 11.3 Å². The van der Waals surface area contributed by atoms with Crippen molar-refractivity contribution in [2.75, 3.05) is 18.4 Å². The van der Waals surface area contributed by atoms with Crippen LogP contribution in [0.5, 0.6) is 0 Å². The van der Waals surface area contributed by atoms with Crippen LogP contribution < -0.4 is 5.32 Å². The normalized spacial score (nSPS) is 17.3. The number of piperidine rings is 1. The van der Waals surface area contributed by atoms with Gasteiger partial charge in [-0.05, 0) is 68.1 Å². The highest BCUT2D eigenvalue weighted by atomic mass is 32.2. The van der Waals surface area contributed by atoms with Gasteiger partial charge in [-0.25, -0.2) is 12.8 Å². The largest absolute Gasteiger partial charge is 0.320 e. The summed E-state index contributed by atoms with van der Waals surface area (Å²) in [5, 5.41) is 11.5. The number of anilines is 1. The number of nitrogens with one attached hydrogen (secondary N) is 1. The molecule has 7 nitrogen and oxygen atoms in total. The van der Waals surface area contributed by atoms with Crippen LogP contribution in [0.1, 0.15) is 44.7 Å². The molecule has 0 bridgehead atoms. The lowest BCUT2D eigenvalue weighted by Crippen LogP contribution is -2.39. The van der Waals surface area contributed by atoms with Gasteiger partial charge in [-0.3, -0.25) is 4.79 Å². The summed E-state index contributed by atoms with van der Waals surface area (Å²) in [5.74, 6) is -1.07. The standard InChI is InChI=1S/C22H23FN4O3S2/c1-14-9-15(2)11-19(10-14)32(29,30)27-8-4-5-16(13-27)21-25-26-22(31-21)20(28)24-18-7-3-6-17(23)12-18/h3,6-7,9-12,16H,4-5,8,13H2,1-2H3,(H,24,28)/t16-/m0/s1. The zero-order chi connectivity index (χ0) is 22.9. The zero-order valence-corrected chi connectivity index (χ0v) is 19.3. The van der Waals surface area contributed by atoms with Gasteiger partial charge in [0, 0.05) is 24.7 Å². The molecule has 10 heteroatoms. The van der Waals surface area contributed by atoms with Crippen LogP contribution in [0.25, 0.3) is 0 Å². The molecule has 0 aliphatic carbocycles. The summed E-state index contributed by atoms with van der Waals surface area (Å²) in [7, 11) is -3.63. The average molecular weight is 475 g/mol. The van der Waals surface area contributed by atoms with Crippen molar-refractivity contribution in [3.8, 4) is 0 Å². The first-order valence-electron chi connectivity index (χ1n) is 10.2. The van der Waals surface area contributed by atoms with Gasteiger partial charge in [-0.15, -0.1) is 10.2 Å². The molecule has 1 amide bonds. The van der Waals surface area contributed by atoms with E-state index in [2.05, 4.69) is 15.5 Å². The molecular formula is C22H23FN4O3S2. The molecule has 32 heavy (non-hydrogen) atoms. The predicted molar refractivity (Wildman–Crippen MR) is 121 cm³/mol. The molecule has 0 spiro atoms. The molecule has 1 aliphatic heterocycles. The third-order valence-electron chi connectivity index (χ3n) is 5.28. The van der Waals surface area contributed by atoms with Gasteiger partial charge in [0.15, 0.2) is 0 Å². The number of halogens is 1. The minimum atomic E-state index is -3.63. The molecule has 2 heterocycles. The topological polar surface area (TPSA) is 92.3 Å². The summed E-state index contributed by atoms with van der Waals surface area (Å²) in [6.07, 6.45) is 1.46. The van der Waals surface area contributed by atoms with Gasteiger partial charge in [0.2, 0.25) is 15.0 Å². The van der Waals surface area contributed by atoms with E-state index >= 15 is 0 Å². The number of carbonyl (C=O) groups excluding carboxylic acids is 1. The first-order chi connectivity index (χ1) is 15.2. The lowest BCUT2D eigenvalue weighted by Gasteiger charge is -2.30. The van der Waals surface area contributed by atoms with Crippen LogP contribution in [0.15, 0.2) is 47.4 Å². The highest BCUT2D eigenvalue weighted by molar-refractivity contribution is 7.89. The van der Waals surface area contributed by atoms with Gasteiger partial charge in [-0.2, -0.15) is 4.31 Å². The van der Waals surface area contributed by atoms with Gasteiger partial charge in [-0.1, -0.05) is 23.5 Å². The van der Waals surface area contributed by atoms with Crippen LogP contribution in [-0.2, 0) is 10.0 Å². The van der Waals surface area contributed by atoms with Crippen LogP contribution in [0, 0.1) is 19.7 Å². The Balaban J connectivity index is 1.49. The number of hydrogen-bond acceptors (Lipinski definition) is 6. The van der Waals surface area contributed by atoms with Crippen LogP contribution in [0.2, 0.25) is 0 Å². The molecule has 1 saturated heterocycles. The van der Waals surface area contributed by atoms with Gasteiger partial charge in [0.05, 0.1) is 4.90 Å². The minimum absolute atomic E-state index is 0.141. The van der Waals surface area contributed by atoms with E-state index in [4.69, 9.17) is 0 Å². The number of carbonyl (C=O) groups is 1. The number of nitrogens with zero attached hydrogens (tertiary/aromatic N) is 3. The molecule has 1 N–H and O–H groups in total. The monoisotopic (exact) mass is 474 g/mol. The van der Waals surface area contributed by atoms with Crippen LogP contribution in [0.4, 0.5) is 10.1 Å². The molecule has 1 atom stereocenters. The maximum Gasteiger partial charge on any atom is 0.286 e. The Morgan fingerprint density at radius 1 is 1.16 bits per heavy atom. The highest BCUT2D eigenvalue weighted by Gasteiger charge is 2.33. The fraction of sp³-hybridized carbons (Fsp3) is 0.318. The van der Waals surface area contributed by atoms with Crippen molar-refractivity contribution in [2.45, 2.75) is 37.5 Å². The summed E-state index contributed by atoms with van der Waals surface area (Å²) < 4.78 is 41.2. The smallest absolute Gasteiger partial charge is 0.286 e. The predicted octanol–water partition coefficient (Wildman–Crippen LogP) is 4.11. The number of hydrogen-bond donors (Lipinski definition) is 1. The number of benzene rings is 2. The quantitative estimate of drug-likeness (QED) is 0.601. The van der Waals surface area contributed by atoms with Crippen molar-refractivity contribution in [1.82, 2.24) is 14.5 Å². The fourth-order valence-corrected chi connectivity index (χ4v) is 6.41. The van der Waals surface area contributed by atoms with Crippen LogP contribution in [0.3, 0.4) is 0 Å². The maximum absolute atomic E-state index is 13.3. The second-order valence-electron chi connectivity index (χ2n) is 7.94. The van der Waals surface area contributed by atoms with Crippen molar-refractivity contribution in [3.63, 3.8) is 0 Å². The molecule has 1 fully saturated rings. The minimum Gasteiger partial charge on any atom is -0.320 e. The van der Waals surface area contributed by atoms with E-state index in [1.54, 1.807) is 18.2 Å². The second kappa shape index (κ2) is 9.05. The highest BCUT2D eigenvalue weighted by Crippen LogP contribution is 2.32. The van der Waals surface area contributed by atoms with E-state index in [1.165, 1.54) is 22.5 Å². The second-order valence-corrected chi connectivity index (χ2v) is 10.9. The third-order valence-corrected chi connectivity index (χ3v) is 8.21. The Bertz CT molecular complexity index is 1240. The third kappa shape index (κ3) is 4.87. The van der Waals surface area contributed by atoms with Gasteiger partial charge in [0.25, 0.3) is 5.91 Å². The molecule has 168 valence electrons. The SMILES string of the molecule is Cc1cc(C)cc(S(=O)(=O)N2CCC[C@H](c3nnc(C(=O)Nc4cccc(F)c4)s3)C2)c1. The van der Waals surface area contributed by atoms with Crippen molar-refractivity contribution >= 4 is 33.0 Å². The fourth-order valence-electron chi connectivity index (χ4n) is 3.84. The molecule has 1 aromatic heterocycles. The first kappa shape index (κ1) is 22.5. The Hall–Kier alpha value is -2.69. The van der Waals surface area contributed by atoms with Gasteiger partial charge in [0.1, 0.15) is 10.8 Å². The number of aryl methyl sites for hydroxylation is 2. The Morgan fingerprint density at radius 2 is 1.91 bits per heavy atom. The summed E-state index contributed by atoms with van der Waals surface area (Å²) in [4.78, 5) is 12.8. The van der Waals surface area contributed by atoms with Crippen LogP contribution in [-0.4, -0.2) is 41.9 Å². The number of sulfonamides is 1. The van der Waals surface area contributed by atoms with E-state index in [9.17, 15) is 17.6 Å². The van der Waals surface area contributed by atoms with E-state index in [0.29, 0.717) is 28.6 Å². The van der Waals surface area contributed by atoms with E-state index in [1.807, 2.05) is 19.9 Å². The lowest BCUT2D eigenvalue weighted by molar-refractivity contribution is 0.102. The molecule has 4 rings (SSSR count). The molecule has 3 aromatic rings. The van der Waals surface area contributed by atoms with Gasteiger partial charge < -0.3 is 5.32 Å². The summed E-state index contributed by atoms with van der Waals surface area (Å²) in [6.45, 7) is 4.48. The summed E-state index contributed by atoms with van der Waals surface area (Å²) >= 11 is 1.13. The van der Waals surface area contributed by atoms with Crippen molar-refractivity contribution < 1.29 is 17.6 Å². The summed E-state index contributed by atoms with van der Waals surface area (Å²) in [5.41, 5.74) is 2.13. The van der Waals surface area contributed by atoms with E-state index in [-0.39, 0.29) is 17.5 Å². The molecular weight excluding hydrogens is 451 g/mol. The van der Waals surface area contributed by atoms with Gasteiger partial charge >= 0.3 is 0 Å². The first-order valence-corrected chi connectivity index (χ1v) is 12.5. The lowest BCUT2D eigenvalue weighted by atomic mass is 10.0. The molecule has 0 radical (unpaired) electrons. The van der Waals surface area contributed by atoms with Crippen molar-refractivity contribution in [3.05, 3.63) is 69.4 Å². The van der Waals surface area contributed by atoms with Crippen molar-refractivity contribution in [2.24, 2.45) is 0 Å². The molecule has 0 unspecified atom stereocenters. The number of amides is 1. The molecule has 0 saturated carbocycles. The Kier molecular flexibility index (Phi) is 6.36. The maximum atomic E-state index is 13.3. The molecule has 1 aliphatic rings. The number of aromatic nitrogens is 2. The summed E-state index contributed by atoms with van der Waals surface area (Å²) in [6, 6.07) is 10.9. The van der Waals surface area contributed by atoms with E-state index in [0.717, 1.165) is 28.9 Å². The Labute approximate surface area is 190 Å². The molecule has 2 aromatic carbocycles. The number of rotatable bonds is 5. The average Bonchev–Trinajstić information content (AvgIpc) is 3.24. The Morgan fingerprint density at radius 3 is 2.62 bits per heavy atom. The van der Waals surface area contributed by atoms with Crippen molar-refractivity contribution in [1.29, 1.82) is 0 Å². The van der Waals surface area contributed by atoms with E-state index < -0.39 is 21.7 Å². The zero-order valence-electron chi connectivity index (χ0n) is 17.7.